The van der Waals surface area contributed by atoms with Crippen molar-refractivity contribution in [2.45, 2.75) is 19.0 Å². The first-order chi connectivity index (χ1) is 12.9. The molecule has 2 N–H and O–H groups in total. The number of rotatable bonds is 6. The summed E-state index contributed by atoms with van der Waals surface area (Å²) in [5.41, 5.74) is 1.37. The van der Waals surface area contributed by atoms with Crippen LogP contribution in [0.4, 0.5) is 5.69 Å². The molecule has 7 nitrogen and oxygen atoms in total. The molecular weight excluding hydrogens is 386 g/mol. The van der Waals surface area contributed by atoms with Crippen LogP contribution in [-0.4, -0.2) is 35.8 Å². The Bertz CT molecular complexity index is 1060. The highest BCUT2D eigenvalue weighted by molar-refractivity contribution is 7.99. The third kappa shape index (κ3) is 4.09. The molecular formula is C18H19N3O4S2. The van der Waals surface area contributed by atoms with Crippen molar-refractivity contribution in [2.24, 2.45) is 0 Å². The summed E-state index contributed by atoms with van der Waals surface area (Å²) in [6.45, 7) is 3.87. The predicted molar refractivity (Wildman–Crippen MR) is 109 cm³/mol. The highest BCUT2D eigenvalue weighted by Crippen LogP contribution is 2.30. The van der Waals surface area contributed by atoms with E-state index >= 15 is 0 Å². The molecule has 0 fully saturated rings. The summed E-state index contributed by atoms with van der Waals surface area (Å²) >= 11 is 2.66. The second-order valence-corrected chi connectivity index (χ2v) is 7.91. The van der Waals surface area contributed by atoms with E-state index in [1.807, 2.05) is 13.8 Å². The number of thiophene rings is 1. The largest absolute Gasteiger partial charge is 0.493 e. The Morgan fingerprint density at radius 3 is 2.70 bits per heavy atom. The minimum absolute atomic E-state index is 0.117. The maximum absolute atomic E-state index is 12.3. The number of methoxy groups -OCH3 is 2. The van der Waals surface area contributed by atoms with Crippen molar-refractivity contribution >= 4 is 44.9 Å². The molecule has 0 aliphatic carbocycles. The number of thioether (sulfide) groups is 1. The molecule has 0 radical (unpaired) electrons. The molecule has 2 heterocycles. The number of aromatic amines is 1. The van der Waals surface area contributed by atoms with Gasteiger partial charge in [-0.1, -0.05) is 11.8 Å². The Kier molecular flexibility index (Phi) is 5.71. The van der Waals surface area contributed by atoms with Crippen LogP contribution in [0.15, 0.2) is 28.2 Å². The van der Waals surface area contributed by atoms with Gasteiger partial charge in [0, 0.05) is 16.6 Å². The lowest BCUT2D eigenvalue weighted by molar-refractivity contribution is -0.113. The maximum atomic E-state index is 12.3. The highest BCUT2D eigenvalue weighted by Gasteiger charge is 2.13. The van der Waals surface area contributed by atoms with Crippen molar-refractivity contribution < 1.29 is 14.3 Å². The summed E-state index contributed by atoms with van der Waals surface area (Å²) in [5.74, 6) is 1.02. The van der Waals surface area contributed by atoms with Crippen molar-refractivity contribution in [3.05, 3.63) is 39.0 Å². The topological polar surface area (TPSA) is 93.3 Å². The molecule has 3 aromatic rings. The molecule has 9 heteroatoms. The van der Waals surface area contributed by atoms with Gasteiger partial charge in [-0.05, 0) is 31.5 Å². The number of ether oxygens (including phenoxy) is 2. The fraction of sp³-hybridized carbons (Fsp3) is 0.278. The van der Waals surface area contributed by atoms with Crippen LogP contribution in [0.3, 0.4) is 0 Å². The van der Waals surface area contributed by atoms with Gasteiger partial charge in [0.05, 0.1) is 25.4 Å². The molecule has 0 saturated heterocycles. The predicted octanol–water partition coefficient (Wildman–Crippen LogP) is 3.35. The second kappa shape index (κ2) is 8.01. The first-order valence-corrected chi connectivity index (χ1v) is 9.87. The number of fused-ring (bicyclic) bond motifs is 1. The average Bonchev–Trinajstić information content (AvgIpc) is 2.94. The van der Waals surface area contributed by atoms with E-state index in [1.54, 1.807) is 25.3 Å². The van der Waals surface area contributed by atoms with E-state index in [0.717, 1.165) is 10.4 Å². The van der Waals surface area contributed by atoms with E-state index in [0.29, 0.717) is 32.6 Å². The van der Waals surface area contributed by atoms with Gasteiger partial charge in [-0.3, -0.25) is 9.59 Å². The summed E-state index contributed by atoms with van der Waals surface area (Å²) in [6.07, 6.45) is 0. The van der Waals surface area contributed by atoms with E-state index in [4.69, 9.17) is 9.47 Å². The number of H-pyrrole nitrogens is 1. The molecule has 1 aromatic carbocycles. The monoisotopic (exact) mass is 405 g/mol. The zero-order valence-corrected chi connectivity index (χ0v) is 17.0. The minimum atomic E-state index is -0.214. The lowest BCUT2D eigenvalue weighted by Gasteiger charge is -2.10. The number of carbonyl (C=O) groups excluding carboxylic acids is 1. The van der Waals surface area contributed by atoms with Crippen LogP contribution < -0.4 is 20.3 Å². The molecule has 0 atom stereocenters. The number of anilines is 1. The van der Waals surface area contributed by atoms with Crippen molar-refractivity contribution in [3.63, 3.8) is 0 Å². The SMILES string of the molecule is COc1ccc(NC(=O)CSc2nc3sc(C)c(C)c3c(=O)[nH]2)cc1OC. The lowest BCUT2D eigenvalue weighted by atomic mass is 10.2. The molecule has 0 bridgehead atoms. The van der Waals surface area contributed by atoms with Crippen molar-refractivity contribution in [1.82, 2.24) is 9.97 Å². The van der Waals surface area contributed by atoms with E-state index in [2.05, 4.69) is 15.3 Å². The molecule has 27 heavy (non-hydrogen) atoms. The molecule has 0 spiro atoms. The molecule has 142 valence electrons. The number of hydrogen-bond donors (Lipinski definition) is 2. The van der Waals surface area contributed by atoms with Crippen LogP contribution in [0.1, 0.15) is 10.4 Å². The Balaban J connectivity index is 1.69. The van der Waals surface area contributed by atoms with E-state index in [9.17, 15) is 9.59 Å². The molecule has 0 saturated carbocycles. The molecule has 0 aliphatic rings. The number of carbonyl (C=O) groups is 1. The minimum Gasteiger partial charge on any atom is -0.493 e. The lowest BCUT2D eigenvalue weighted by Crippen LogP contribution is -2.15. The van der Waals surface area contributed by atoms with Crippen molar-refractivity contribution in [1.29, 1.82) is 0 Å². The van der Waals surface area contributed by atoms with E-state index in [-0.39, 0.29) is 17.2 Å². The van der Waals surface area contributed by atoms with Gasteiger partial charge in [-0.15, -0.1) is 11.3 Å². The highest BCUT2D eigenvalue weighted by atomic mass is 32.2. The summed E-state index contributed by atoms with van der Waals surface area (Å²) < 4.78 is 10.4. The Hall–Kier alpha value is -2.52. The van der Waals surface area contributed by atoms with Gasteiger partial charge < -0.3 is 19.8 Å². The van der Waals surface area contributed by atoms with Gasteiger partial charge in [0.1, 0.15) is 4.83 Å². The molecule has 1 amide bonds. The Labute approximate surface area is 164 Å². The fourth-order valence-electron chi connectivity index (χ4n) is 2.55. The van der Waals surface area contributed by atoms with Crippen LogP contribution in [-0.2, 0) is 4.79 Å². The van der Waals surface area contributed by atoms with Crippen LogP contribution in [0.25, 0.3) is 10.2 Å². The second-order valence-electron chi connectivity index (χ2n) is 5.74. The van der Waals surface area contributed by atoms with Crippen LogP contribution in [0.2, 0.25) is 0 Å². The summed E-state index contributed by atoms with van der Waals surface area (Å²) in [7, 11) is 3.08. The quantitative estimate of drug-likeness (QED) is 0.483. The summed E-state index contributed by atoms with van der Waals surface area (Å²) in [5, 5.41) is 3.84. The number of nitrogens with zero attached hydrogens (tertiary/aromatic N) is 1. The molecule has 2 aromatic heterocycles. The van der Waals surface area contributed by atoms with Gasteiger partial charge in [-0.2, -0.15) is 0 Å². The number of nitrogens with one attached hydrogen (secondary N) is 2. The fourth-order valence-corrected chi connectivity index (χ4v) is 4.30. The first kappa shape index (κ1) is 19.2. The van der Waals surface area contributed by atoms with Crippen molar-refractivity contribution in [3.8, 4) is 11.5 Å². The van der Waals surface area contributed by atoms with E-state index < -0.39 is 0 Å². The third-order valence-electron chi connectivity index (χ3n) is 4.02. The number of benzene rings is 1. The number of aryl methyl sites for hydroxylation is 2. The molecule has 0 unspecified atom stereocenters. The number of hydrogen-bond acceptors (Lipinski definition) is 7. The van der Waals surface area contributed by atoms with E-state index in [1.165, 1.54) is 30.2 Å². The average molecular weight is 406 g/mol. The van der Waals surface area contributed by atoms with Gasteiger partial charge in [0.25, 0.3) is 5.56 Å². The zero-order chi connectivity index (χ0) is 19.6. The maximum Gasteiger partial charge on any atom is 0.260 e. The molecule has 0 aliphatic heterocycles. The number of aromatic nitrogens is 2. The molecule has 3 rings (SSSR count). The van der Waals surface area contributed by atoms with Crippen LogP contribution >= 0.6 is 23.1 Å². The van der Waals surface area contributed by atoms with Crippen LogP contribution in [0, 0.1) is 13.8 Å². The third-order valence-corrected chi connectivity index (χ3v) is 6.00. The van der Waals surface area contributed by atoms with Crippen molar-refractivity contribution in [2.75, 3.05) is 25.3 Å². The number of amides is 1. The first-order valence-electron chi connectivity index (χ1n) is 8.07. The zero-order valence-electron chi connectivity index (χ0n) is 15.3. The normalized spacial score (nSPS) is 10.8. The van der Waals surface area contributed by atoms with Crippen LogP contribution in [0.5, 0.6) is 11.5 Å². The summed E-state index contributed by atoms with van der Waals surface area (Å²) in [4.78, 5) is 33.5. The standard InChI is InChI=1S/C18H19N3O4S2/c1-9-10(2)27-17-15(9)16(23)20-18(21-17)26-8-14(22)19-11-5-6-12(24-3)13(7-11)25-4/h5-7H,8H2,1-4H3,(H,19,22)(H,20,21,23). The smallest absolute Gasteiger partial charge is 0.260 e. The van der Waals surface area contributed by atoms with Gasteiger partial charge in [0.2, 0.25) is 5.91 Å². The Morgan fingerprint density at radius 1 is 1.26 bits per heavy atom. The Morgan fingerprint density at radius 2 is 2.00 bits per heavy atom. The summed E-state index contributed by atoms with van der Waals surface area (Å²) in [6, 6.07) is 5.13. The van der Waals surface area contributed by atoms with Gasteiger partial charge in [0.15, 0.2) is 16.7 Å². The van der Waals surface area contributed by atoms with Gasteiger partial charge in [-0.25, -0.2) is 4.98 Å². The van der Waals surface area contributed by atoms with Gasteiger partial charge >= 0.3 is 0 Å².